The first-order valence-corrected chi connectivity index (χ1v) is 7.15. The number of aryl methyl sites for hydroxylation is 2. The lowest BCUT2D eigenvalue weighted by Gasteiger charge is -2.23. The van der Waals surface area contributed by atoms with Gasteiger partial charge in [0, 0.05) is 12.5 Å². The summed E-state index contributed by atoms with van der Waals surface area (Å²) < 4.78 is 5.25. The number of aliphatic hydroxyl groups excluding tert-OH is 1. The van der Waals surface area contributed by atoms with Crippen molar-refractivity contribution in [2.24, 2.45) is 5.73 Å². The summed E-state index contributed by atoms with van der Waals surface area (Å²) in [5, 5.41) is 10.7. The van der Waals surface area contributed by atoms with Crippen LogP contribution in [0, 0.1) is 13.8 Å². The van der Waals surface area contributed by atoms with Crippen LogP contribution in [-0.4, -0.2) is 18.8 Å². The van der Waals surface area contributed by atoms with Gasteiger partial charge in [0.15, 0.2) is 0 Å². The molecule has 0 fully saturated rings. The Balaban J connectivity index is 2.35. The van der Waals surface area contributed by atoms with Gasteiger partial charge in [-0.05, 0) is 37.1 Å². The van der Waals surface area contributed by atoms with E-state index in [0.717, 1.165) is 28.0 Å². The van der Waals surface area contributed by atoms with Crippen LogP contribution in [0.4, 0.5) is 0 Å². The van der Waals surface area contributed by atoms with E-state index >= 15 is 0 Å². The Kier molecular flexibility index (Phi) is 4.99. The van der Waals surface area contributed by atoms with Gasteiger partial charge in [-0.1, -0.05) is 41.5 Å². The SMILES string of the molecule is COc1cccc(C(CN)C(O)c2cc(C)cc(C)c2)c1. The van der Waals surface area contributed by atoms with Crippen LogP contribution in [-0.2, 0) is 0 Å². The second-order valence-corrected chi connectivity index (χ2v) is 5.48. The van der Waals surface area contributed by atoms with Crippen molar-refractivity contribution in [2.45, 2.75) is 25.9 Å². The van der Waals surface area contributed by atoms with Gasteiger partial charge in [-0.2, -0.15) is 0 Å². The normalized spacial score (nSPS) is 13.8. The van der Waals surface area contributed by atoms with Gasteiger partial charge in [-0.15, -0.1) is 0 Å². The lowest BCUT2D eigenvalue weighted by molar-refractivity contribution is 0.147. The van der Waals surface area contributed by atoms with E-state index in [2.05, 4.69) is 6.07 Å². The molecule has 0 saturated carbocycles. The van der Waals surface area contributed by atoms with Crippen LogP contribution in [0.2, 0.25) is 0 Å². The monoisotopic (exact) mass is 285 g/mol. The first-order chi connectivity index (χ1) is 10.0. The first-order valence-electron chi connectivity index (χ1n) is 7.15. The molecule has 2 atom stereocenters. The van der Waals surface area contributed by atoms with Crippen LogP contribution in [0.1, 0.15) is 34.3 Å². The third kappa shape index (κ3) is 3.63. The molecule has 2 rings (SSSR count). The Morgan fingerprint density at radius 3 is 2.29 bits per heavy atom. The zero-order valence-electron chi connectivity index (χ0n) is 12.8. The van der Waals surface area contributed by atoms with E-state index in [1.54, 1.807) is 7.11 Å². The average Bonchev–Trinajstić information content (AvgIpc) is 2.47. The summed E-state index contributed by atoms with van der Waals surface area (Å²) in [7, 11) is 1.64. The van der Waals surface area contributed by atoms with E-state index in [-0.39, 0.29) is 5.92 Å². The maximum atomic E-state index is 10.7. The molecule has 21 heavy (non-hydrogen) atoms. The van der Waals surface area contributed by atoms with E-state index in [0.29, 0.717) is 6.54 Å². The molecule has 112 valence electrons. The zero-order valence-corrected chi connectivity index (χ0v) is 12.8. The Morgan fingerprint density at radius 1 is 1.05 bits per heavy atom. The van der Waals surface area contributed by atoms with Crippen molar-refractivity contribution in [1.29, 1.82) is 0 Å². The van der Waals surface area contributed by atoms with E-state index in [9.17, 15) is 5.11 Å². The largest absolute Gasteiger partial charge is 0.497 e. The minimum Gasteiger partial charge on any atom is -0.497 e. The lowest BCUT2D eigenvalue weighted by atomic mass is 9.88. The summed E-state index contributed by atoms with van der Waals surface area (Å²) >= 11 is 0. The molecule has 0 saturated heterocycles. The number of hydrogen-bond acceptors (Lipinski definition) is 3. The highest BCUT2D eigenvalue weighted by atomic mass is 16.5. The molecule has 3 heteroatoms. The second kappa shape index (κ2) is 6.74. The average molecular weight is 285 g/mol. The van der Waals surface area contributed by atoms with Gasteiger partial charge in [0.1, 0.15) is 5.75 Å². The first kappa shape index (κ1) is 15.5. The number of benzene rings is 2. The third-order valence-electron chi connectivity index (χ3n) is 3.74. The molecular weight excluding hydrogens is 262 g/mol. The molecule has 0 amide bonds. The maximum Gasteiger partial charge on any atom is 0.119 e. The van der Waals surface area contributed by atoms with Crippen LogP contribution in [0.15, 0.2) is 42.5 Å². The van der Waals surface area contributed by atoms with Gasteiger partial charge < -0.3 is 15.6 Å². The Labute approximate surface area is 126 Å². The van der Waals surface area contributed by atoms with Crippen LogP contribution < -0.4 is 10.5 Å². The summed E-state index contributed by atoms with van der Waals surface area (Å²) in [5.41, 5.74) is 10.1. The van der Waals surface area contributed by atoms with Gasteiger partial charge in [0.2, 0.25) is 0 Å². The molecule has 0 aliphatic carbocycles. The van der Waals surface area contributed by atoms with E-state index in [1.165, 1.54) is 0 Å². The molecule has 0 spiro atoms. The van der Waals surface area contributed by atoms with Gasteiger partial charge >= 0.3 is 0 Å². The molecule has 0 bridgehead atoms. The molecule has 0 aliphatic rings. The number of methoxy groups -OCH3 is 1. The molecule has 2 aromatic carbocycles. The predicted molar refractivity (Wildman–Crippen MR) is 85.7 cm³/mol. The molecule has 0 aromatic heterocycles. The van der Waals surface area contributed by atoms with E-state index in [1.807, 2.05) is 50.2 Å². The van der Waals surface area contributed by atoms with Crippen molar-refractivity contribution in [1.82, 2.24) is 0 Å². The Bertz CT molecular complexity index is 590. The number of rotatable bonds is 5. The fraction of sp³-hybridized carbons (Fsp3) is 0.333. The van der Waals surface area contributed by atoms with Crippen molar-refractivity contribution >= 4 is 0 Å². The molecule has 0 heterocycles. The standard InChI is InChI=1S/C18H23NO2/c1-12-7-13(2)9-15(8-12)18(20)17(11-19)14-5-4-6-16(10-14)21-3/h4-10,17-18,20H,11,19H2,1-3H3. The van der Waals surface area contributed by atoms with E-state index in [4.69, 9.17) is 10.5 Å². The molecule has 0 aliphatic heterocycles. The molecule has 3 nitrogen and oxygen atoms in total. The van der Waals surface area contributed by atoms with Gasteiger partial charge in [-0.25, -0.2) is 0 Å². The maximum absolute atomic E-state index is 10.7. The minimum absolute atomic E-state index is 0.152. The molecule has 3 N–H and O–H groups in total. The Morgan fingerprint density at radius 2 is 1.71 bits per heavy atom. The quantitative estimate of drug-likeness (QED) is 0.887. The minimum atomic E-state index is -0.624. The van der Waals surface area contributed by atoms with Gasteiger partial charge in [-0.3, -0.25) is 0 Å². The van der Waals surface area contributed by atoms with Crippen LogP contribution >= 0.6 is 0 Å². The van der Waals surface area contributed by atoms with Crippen molar-refractivity contribution in [2.75, 3.05) is 13.7 Å². The van der Waals surface area contributed by atoms with Crippen molar-refractivity contribution in [3.63, 3.8) is 0 Å². The highest BCUT2D eigenvalue weighted by Gasteiger charge is 2.22. The number of hydrogen-bond donors (Lipinski definition) is 2. The summed E-state index contributed by atoms with van der Waals surface area (Å²) in [5.74, 6) is 0.625. The van der Waals surface area contributed by atoms with Crippen LogP contribution in [0.5, 0.6) is 5.75 Å². The van der Waals surface area contributed by atoms with Gasteiger partial charge in [0.25, 0.3) is 0 Å². The van der Waals surface area contributed by atoms with Crippen molar-refractivity contribution < 1.29 is 9.84 Å². The smallest absolute Gasteiger partial charge is 0.119 e. The summed E-state index contributed by atoms with van der Waals surface area (Å²) in [6, 6.07) is 13.8. The van der Waals surface area contributed by atoms with E-state index < -0.39 is 6.10 Å². The zero-order chi connectivity index (χ0) is 15.4. The number of aliphatic hydroxyl groups is 1. The van der Waals surface area contributed by atoms with Crippen LogP contribution in [0.25, 0.3) is 0 Å². The molecular formula is C18H23NO2. The highest BCUT2D eigenvalue weighted by Crippen LogP contribution is 2.32. The third-order valence-corrected chi connectivity index (χ3v) is 3.74. The topological polar surface area (TPSA) is 55.5 Å². The van der Waals surface area contributed by atoms with Crippen LogP contribution in [0.3, 0.4) is 0 Å². The highest BCUT2D eigenvalue weighted by molar-refractivity contribution is 5.36. The lowest BCUT2D eigenvalue weighted by Crippen LogP contribution is -2.20. The molecule has 2 unspecified atom stereocenters. The molecule has 0 radical (unpaired) electrons. The molecule has 2 aromatic rings. The summed E-state index contributed by atoms with van der Waals surface area (Å²) in [6.45, 7) is 4.44. The van der Waals surface area contributed by atoms with Gasteiger partial charge in [0.05, 0.1) is 13.2 Å². The fourth-order valence-corrected chi connectivity index (χ4v) is 2.73. The van der Waals surface area contributed by atoms with Crippen molar-refractivity contribution in [3.05, 3.63) is 64.7 Å². The fourth-order valence-electron chi connectivity index (χ4n) is 2.73. The van der Waals surface area contributed by atoms with Crippen molar-refractivity contribution in [3.8, 4) is 5.75 Å². The predicted octanol–water partition coefficient (Wildman–Crippen LogP) is 3.09. The summed E-state index contributed by atoms with van der Waals surface area (Å²) in [4.78, 5) is 0. The summed E-state index contributed by atoms with van der Waals surface area (Å²) in [6.07, 6.45) is -0.624. The number of ether oxygens (including phenoxy) is 1. The number of nitrogens with two attached hydrogens (primary N) is 1. The Hall–Kier alpha value is -1.84. The second-order valence-electron chi connectivity index (χ2n) is 5.48.